The minimum atomic E-state index is -4.34. The van der Waals surface area contributed by atoms with Gasteiger partial charge in [-0.2, -0.15) is 0 Å². The third kappa shape index (κ3) is 8.77. The molecule has 0 heterocycles. The van der Waals surface area contributed by atoms with E-state index in [-0.39, 0.29) is 35.5 Å². The van der Waals surface area contributed by atoms with Gasteiger partial charge in [-0.25, -0.2) is 12.8 Å². The van der Waals surface area contributed by atoms with E-state index >= 15 is 0 Å². The molecule has 246 valence electrons. The third-order valence-electron chi connectivity index (χ3n) is 8.28. The van der Waals surface area contributed by atoms with Crippen molar-refractivity contribution >= 4 is 27.5 Å². The van der Waals surface area contributed by atoms with E-state index in [1.807, 2.05) is 67.6 Å². The van der Waals surface area contributed by atoms with Crippen LogP contribution in [-0.4, -0.2) is 50.4 Å². The Hall–Kier alpha value is -4.70. The van der Waals surface area contributed by atoms with Crippen LogP contribution in [0.2, 0.25) is 0 Å². The molecule has 0 unspecified atom stereocenters. The van der Waals surface area contributed by atoms with Gasteiger partial charge < -0.3 is 15.0 Å². The van der Waals surface area contributed by atoms with Gasteiger partial charge >= 0.3 is 0 Å². The summed E-state index contributed by atoms with van der Waals surface area (Å²) in [4.78, 5) is 29.9. The Morgan fingerprint density at radius 3 is 2.04 bits per heavy atom. The second-order valence-corrected chi connectivity index (χ2v) is 13.5. The number of hydrogen-bond acceptors (Lipinski definition) is 5. The molecule has 0 spiro atoms. The lowest BCUT2D eigenvalue weighted by atomic mass is 10.0. The van der Waals surface area contributed by atoms with Crippen LogP contribution in [0, 0.1) is 5.82 Å². The smallest absolute Gasteiger partial charge is 0.264 e. The van der Waals surface area contributed by atoms with Crippen molar-refractivity contribution in [2.75, 3.05) is 17.5 Å². The van der Waals surface area contributed by atoms with Crippen LogP contribution in [0.25, 0.3) is 0 Å². The molecule has 1 fully saturated rings. The fourth-order valence-corrected chi connectivity index (χ4v) is 7.25. The first-order chi connectivity index (χ1) is 22.7. The van der Waals surface area contributed by atoms with E-state index in [0.29, 0.717) is 12.4 Å². The minimum Gasteiger partial charge on any atom is -0.494 e. The monoisotopic (exact) mass is 657 g/mol. The fraction of sp³-hybridized carbons (Fsp3) is 0.297. The average molecular weight is 658 g/mol. The highest BCUT2D eigenvalue weighted by Gasteiger charge is 2.35. The molecule has 0 aromatic heterocycles. The van der Waals surface area contributed by atoms with Crippen LogP contribution in [-0.2, 0) is 32.6 Å². The van der Waals surface area contributed by atoms with Crippen molar-refractivity contribution in [3.05, 3.63) is 126 Å². The van der Waals surface area contributed by atoms with Crippen molar-refractivity contribution < 1.29 is 27.1 Å². The quantitative estimate of drug-likeness (QED) is 0.176. The third-order valence-corrected chi connectivity index (χ3v) is 10.1. The molecule has 4 aromatic carbocycles. The lowest BCUT2D eigenvalue weighted by Gasteiger charge is -2.34. The number of hydrogen-bond donors (Lipinski definition) is 1. The molecule has 47 heavy (non-hydrogen) atoms. The molecule has 0 aliphatic heterocycles. The van der Waals surface area contributed by atoms with Crippen LogP contribution in [0.1, 0.15) is 43.7 Å². The second-order valence-electron chi connectivity index (χ2n) is 11.6. The number of rotatable bonds is 14. The van der Waals surface area contributed by atoms with Gasteiger partial charge in [0.05, 0.1) is 17.2 Å². The van der Waals surface area contributed by atoms with Crippen LogP contribution in [0.4, 0.5) is 10.1 Å². The summed E-state index contributed by atoms with van der Waals surface area (Å²) in [6.45, 7) is 1.76. The molecule has 1 aliphatic rings. The Morgan fingerprint density at radius 2 is 1.45 bits per heavy atom. The molecular weight excluding hydrogens is 617 g/mol. The van der Waals surface area contributed by atoms with E-state index in [4.69, 9.17) is 4.74 Å². The number of nitrogens with one attached hydrogen (secondary N) is 1. The summed E-state index contributed by atoms with van der Waals surface area (Å²) in [5, 5.41) is 3.17. The van der Waals surface area contributed by atoms with Crippen molar-refractivity contribution in [2.45, 2.75) is 62.6 Å². The number of sulfonamides is 1. The fourth-order valence-electron chi connectivity index (χ4n) is 5.84. The van der Waals surface area contributed by atoms with Gasteiger partial charge in [0.25, 0.3) is 10.0 Å². The topological polar surface area (TPSA) is 96.0 Å². The van der Waals surface area contributed by atoms with E-state index in [2.05, 4.69) is 5.32 Å². The summed E-state index contributed by atoms with van der Waals surface area (Å²) in [7, 11) is -4.34. The van der Waals surface area contributed by atoms with E-state index in [1.54, 1.807) is 24.3 Å². The van der Waals surface area contributed by atoms with E-state index in [1.165, 1.54) is 17.0 Å². The molecule has 4 aromatic rings. The Labute approximate surface area is 276 Å². The van der Waals surface area contributed by atoms with E-state index in [0.717, 1.165) is 53.2 Å². The van der Waals surface area contributed by atoms with Crippen LogP contribution >= 0.6 is 0 Å². The summed E-state index contributed by atoms with van der Waals surface area (Å²) in [5.41, 5.74) is 1.88. The summed E-state index contributed by atoms with van der Waals surface area (Å²) >= 11 is 0. The second kappa shape index (κ2) is 15.7. The zero-order valence-corrected chi connectivity index (χ0v) is 27.2. The Kier molecular flexibility index (Phi) is 11.3. The van der Waals surface area contributed by atoms with E-state index in [9.17, 15) is 22.4 Å². The van der Waals surface area contributed by atoms with Gasteiger partial charge in [0.1, 0.15) is 24.2 Å². The van der Waals surface area contributed by atoms with E-state index < -0.39 is 34.3 Å². The van der Waals surface area contributed by atoms with Gasteiger partial charge in [-0.3, -0.25) is 13.9 Å². The highest BCUT2D eigenvalue weighted by atomic mass is 32.2. The molecule has 8 nitrogen and oxygen atoms in total. The first-order valence-corrected chi connectivity index (χ1v) is 17.4. The number of amides is 2. The number of carbonyl (C=O) groups excluding carboxylic acids is 2. The molecule has 0 saturated heterocycles. The minimum absolute atomic E-state index is 0.0219. The van der Waals surface area contributed by atoms with Crippen molar-refractivity contribution in [3.63, 3.8) is 0 Å². The largest absolute Gasteiger partial charge is 0.494 e. The summed E-state index contributed by atoms with van der Waals surface area (Å²) in [6, 6.07) is 28.8. The summed E-state index contributed by atoms with van der Waals surface area (Å²) in [6.07, 6.45) is 4.04. The maximum absolute atomic E-state index is 14.6. The van der Waals surface area contributed by atoms with Gasteiger partial charge in [-0.15, -0.1) is 0 Å². The molecule has 1 saturated carbocycles. The van der Waals surface area contributed by atoms with Gasteiger partial charge in [0.2, 0.25) is 11.8 Å². The maximum Gasteiger partial charge on any atom is 0.264 e. The molecular formula is C37H40FN3O5S. The lowest BCUT2D eigenvalue weighted by Crippen LogP contribution is -2.54. The Morgan fingerprint density at radius 1 is 0.851 bits per heavy atom. The first kappa shape index (κ1) is 33.7. The van der Waals surface area contributed by atoms with Crippen molar-refractivity contribution in [3.8, 4) is 5.75 Å². The number of nitrogens with zero attached hydrogens (tertiary/aromatic N) is 2. The normalized spacial score (nSPS) is 13.9. The average Bonchev–Trinajstić information content (AvgIpc) is 3.60. The van der Waals surface area contributed by atoms with Crippen molar-refractivity contribution in [2.24, 2.45) is 0 Å². The number of ether oxygens (including phenoxy) is 1. The number of anilines is 1. The van der Waals surface area contributed by atoms with Crippen LogP contribution in [0.15, 0.2) is 114 Å². The van der Waals surface area contributed by atoms with Gasteiger partial charge in [0, 0.05) is 19.0 Å². The molecule has 1 aliphatic carbocycles. The summed E-state index contributed by atoms with van der Waals surface area (Å²) < 4.78 is 48.6. The molecule has 5 rings (SSSR count). The van der Waals surface area contributed by atoms with Crippen molar-refractivity contribution in [1.82, 2.24) is 10.2 Å². The molecule has 0 radical (unpaired) electrons. The van der Waals surface area contributed by atoms with Gasteiger partial charge in [-0.05, 0) is 79.4 Å². The Balaban J connectivity index is 1.55. The standard InChI is InChI=1S/C37H40FN3O5S/c1-2-46-33-21-19-32(20-22-33)41(47(44,45)34-23-17-30(38)18-24-34)27-36(42)40(26-29-13-7-4-8-14-29)35(25-28-11-5-3-6-12-28)37(43)39-31-15-9-10-16-31/h3-8,11-14,17-24,31,35H,2,9-10,15-16,25-27H2,1H3,(H,39,43)/t35-/m0/s1. The number of carbonyl (C=O) groups is 2. The number of halogens is 1. The zero-order valence-electron chi connectivity index (χ0n) is 26.4. The Bertz CT molecular complexity index is 1710. The molecule has 1 atom stereocenters. The number of benzene rings is 4. The van der Waals surface area contributed by atoms with Crippen LogP contribution < -0.4 is 14.4 Å². The summed E-state index contributed by atoms with van der Waals surface area (Å²) in [5.74, 6) is -0.882. The van der Waals surface area contributed by atoms with Gasteiger partial charge in [-0.1, -0.05) is 73.5 Å². The maximum atomic E-state index is 14.6. The zero-order chi connectivity index (χ0) is 33.2. The SMILES string of the molecule is CCOc1ccc(N(CC(=O)N(Cc2ccccc2)[C@@H](Cc2ccccc2)C(=O)NC2CCCC2)S(=O)(=O)c2ccc(F)cc2)cc1. The molecule has 1 N–H and O–H groups in total. The predicted octanol–water partition coefficient (Wildman–Crippen LogP) is 6.12. The predicted molar refractivity (Wildman–Crippen MR) is 180 cm³/mol. The lowest BCUT2D eigenvalue weighted by molar-refractivity contribution is -0.140. The molecule has 10 heteroatoms. The van der Waals surface area contributed by atoms with Crippen LogP contribution in [0.5, 0.6) is 5.75 Å². The highest BCUT2D eigenvalue weighted by Crippen LogP contribution is 2.27. The van der Waals surface area contributed by atoms with Crippen molar-refractivity contribution in [1.29, 1.82) is 0 Å². The van der Waals surface area contributed by atoms with Gasteiger partial charge in [0.15, 0.2) is 0 Å². The first-order valence-electron chi connectivity index (χ1n) is 15.9. The highest BCUT2D eigenvalue weighted by molar-refractivity contribution is 7.92. The molecule has 0 bridgehead atoms. The molecule has 2 amide bonds. The van der Waals surface area contributed by atoms with Crippen LogP contribution in [0.3, 0.4) is 0 Å².